The Morgan fingerprint density at radius 2 is 1.94 bits per heavy atom. The monoisotopic (exact) mass is 244 g/mol. The highest BCUT2D eigenvalue weighted by Gasteiger charge is 2.19. The molecule has 0 heterocycles. The van der Waals surface area contributed by atoms with Gasteiger partial charge in [0.05, 0.1) is 11.7 Å². The maximum atomic E-state index is 11.4. The van der Waals surface area contributed by atoms with Crippen LogP contribution in [-0.2, 0) is 19.3 Å². The largest absolute Gasteiger partial charge is 0.460 e. The number of ether oxygens (including phenoxy) is 1. The van der Waals surface area contributed by atoms with E-state index in [-0.39, 0.29) is 11.7 Å². The van der Waals surface area contributed by atoms with E-state index in [1.54, 1.807) is 20.8 Å². The van der Waals surface area contributed by atoms with Crippen molar-refractivity contribution >= 4 is 5.97 Å². The van der Waals surface area contributed by atoms with Crippen molar-refractivity contribution in [2.45, 2.75) is 66.1 Å². The molecule has 0 N–H and O–H groups in total. The van der Waals surface area contributed by atoms with Crippen molar-refractivity contribution in [2.75, 3.05) is 0 Å². The smallest absolute Gasteiger partial charge is 0.337 e. The lowest BCUT2D eigenvalue weighted by molar-refractivity contribution is -0.318. The molecule has 0 saturated carbocycles. The SMILES string of the molecule is CCCC(C)(C)OOC=C(C)C(=O)OC(C)C. The molecule has 0 atom stereocenters. The number of esters is 1. The Bertz CT molecular complexity index is 267. The Labute approximate surface area is 104 Å². The first-order valence-electron chi connectivity index (χ1n) is 6.00. The van der Waals surface area contributed by atoms with Crippen LogP contribution in [0.25, 0.3) is 0 Å². The summed E-state index contributed by atoms with van der Waals surface area (Å²) in [6.45, 7) is 11.2. The third kappa shape index (κ3) is 7.80. The first-order chi connectivity index (χ1) is 7.78. The molecule has 17 heavy (non-hydrogen) atoms. The molecule has 0 unspecified atom stereocenters. The molecular weight excluding hydrogens is 220 g/mol. The summed E-state index contributed by atoms with van der Waals surface area (Å²) < 4.78 is 5.00. The molecule has 0 aliphatic heterocycles. The van der Waals surface area contributed by atoms with Crippen molar-refractivity contribution in [3.63, 3.8) is 0 Å². The first kappa shape index (κ1) is 16.0. The van der Waals surface area contributed by atoms with E-state index < -0.39 is 5.97 Å². The molecule has 0 aromatic heterocycles. The van der Waals surface area contributed by atoms with Crippen LogP contribution in [-0.4, -0.2) is 17.7 Å². The first-order valence-corrected chi connectivity index (χ1v) is 6.00. The van der Waals surface area contributed by atoms with Crippen molar-refractivity contribution in [1.29, 1.82) is 0 Å². The molecule has 0 radical (unpaired) electrons. The van der Waals surface area contributed by atoms with Crippen LogP contribution in [0, 0.1) is 0 Å². The van der Waals surface area contributed by atoms with Gasteiger partial charge in [0.2, 0.25) is 0 Å². The fourth-order valence-corrected chi connectivity index (χ4v) is 1.23. The molecule has 0 fully saturated rings. The van der Waals surface area contributed by atoms with Crippen LogP contribution in [0.15, 0.2) is 11.8 Å². The van der Waals surface area contributed by atoms with E-state index in [4.69, 9.17) is 14.5 Å². The van der Waals surface area contributed by atoms with E-state index in [1.807, 2.05) is 13.8 Å². The minimum Gasteiger partial charge on any atom is -0.460 e. The highest BCUT2D eigenvalue weighted by molar-refractivity contribution is 5.87. The molecule has 0 spiro atoms. The lowest BCUT2D eigenvalue weighted by Crippen LogP contribution is -2.23. The highest BCUT2D eigenvalue weighted by Crippen LogP contribution is 2.17. The van der Waals surface area contributed by atoms with Gasteiger partial charge >= 0.3 is 5.97 Å². The van der Waals surface area contributed by atoms with E-state index in [9.17, 15) is 4.79 Å². The predicted molar refractivity (Wildman–Crippen MR) is 66.1 cm³/mol. The van der Waals surface area contributed by atoms with E-state index in [2.05, 4.69) is 6.92 Å². The summed E-state index contributed by atoms with van der Waals surface area (Å²) in [5, 5.41) is 0. The Balaban J connectivity index is 4.11. The van der Waals surface area contributed by atoms with Gasteiger partial charge in [-0.3, -0.25) is 0 Å². The van der Waals surface area contributed by atoms with Crippen molar-refractivity contribution in [1.82, 2.24) is 0 Å². The number of rotatable bonds is 7. The summed E-state index contributed by atoms with van der Waals surface area (Å²) in [7, 11) is 0. The Morgan fingerprint density at radius 3 is 2.41 bits per heavy atom. The molecule has 0 bridgehead atoms. The lowest BCUT2D eigenvalue weighted by Gasteiger charge is -2.21. The lowest BCUT2D eigenvalue weighted by atomic mass is 10.0. The van der Waals surface area contributed by atoms with Crippen molar-refractivity contribution in [2.24, 2.45) is 0 Å². The van der Waals surface area contributed by atoms with Crippen molar-refractivity contribution in [3.8, 4) is 0 Å². The van der Waals surface area contributed by atoms with Crippen LogP contribution in [0.1, 0.15) is 54.4 Å². The minimum absolute atomic E-state index is 0.136. The Hall–Kier alpha value is -1.03. The molecule has 0 aliphatic rings. The topological polar surface area (TPSA) is 44.8 Å². The van der Waals surface area contributed by atoms with Crippen molar-refractivity contribution < 1.29 is 19.3 Å². The third-order valence-corrected chi connectivity index (χ3v) is 2.02. The average molecular weight is 244 g/mol. The van der Waals surface area contributed by atoms with E-state index in [1.165, 1.54) is 6.26 Å². The molecule has 0 amide bonds. The molecule has 100 valence electrons. The van der Waals surface area contributed by atoms with Crippen LogP contribution in [0.5, 0.6) is 0 Å². The molecule has 0 saturated heterocycles. The van der Waals surface area contributed by atoms with Gasteiger partial charge < -0.3 is 9.62 Å². The molecule has 0 aromatic rings. The fourth-order valence-electron chi connectivity index (χ4n) is 1.23. The van der Waals surface area contributed by atoms with Gasteiger partial charge in [-0.05, 0) is 41.0 Å². The molecule has 0 rings (SSSR count). The second-order valence-electron chi connectivity index (χ2n) is 4.94. The van der Waals surface area contributed by atoms with Crippen LogP contribution >= 0.6 is 0 Å². The van der Waals surface area contributed by atoms with E-state index >= 15 is 0 Å². The van der Waals surface area contributed by atoms with Gasteiger partial charge in [-0.2, -0.15) is 4.89 Å². The van der Waals surface area contributed by atoms with Gasteiger partial charge in [-0.15, -0.1) is 0 Å². The standard InChI is InChI=1S/C13H24O4/c1-7-8-13(5,6)17-15-9-11(4)12(14)16-10(2)3/h9-10H,7-8H2,1-6H3. The second kappa shape index (κ2) is 7.33. The molecule has 4 heteroatoms. The van der Waals surface area contributed by atoms with Crippen LogP contribution in [0.3, 0.4) is 0 Å². The zero-order valence-corrected chi connectivity index (χ0v) is 11.7. The summed E-state index contributed by atoms with van der Waals surface area (Å²) in [6.07, 6.45) is 3.04. The van der Waals surface area contributed by atoms with Gasteiger partial charge in [-0.1, -0.05) is 13.3 Å². The van der Waals surface area contributed by atoms with Crippen LogP contribution < -0.4 is 0 Å². The predicted octanol–water partition coefficient (Wildman–Crippen LogP) is 3.37. The summed E-state index contributed by atoms with van der Waals surface area (Å²) >= 11 is 0. The summed E-state index contributed by atoms with van der Waals surface area (Å²) in [4.78, 5) is 21.6. The quantitative estimate of drug-likeness (QED) is 0.226. The second-order valence-corrected chi connectivity index (χ2v) is 4.94. The van der Waals surface area contributed by atoms with Crippen molar-refractivity contribution in [3.05, 3.63) is 11.8 Å². The number of carbonyl (C=O) groups excluding carboxylic acids is 1. The van der Waals surface area contributed by atoms with Gasteiger partial charge in [0.15, 0.2) is 0 Å². The van der Waals surface area contributed by atoms with Gasteiger partial charge in [0, 0.05) is 0 Å². The molecule has 0 aromatic carbocycles. The summed E-state index contributed by atoms with van der Waals surface area (Å²) in [5.74, 6) is -0.392. The van der Waals surface area contributed by atoms with Crippen LogP contribution in [0.2, 0.25) is 0 Å². The maximum absolute atomic E-state index is 11.4. The van der Waals surface area contributed by atoms with Gasteiger partial charge in [0.1, 0.15) is 11.9 Å². The van der Waals surface area contributed by atoms with Gasteiger partial charge in [0.25, 0.3) is 0 Å². The fraction of sp³-hybridized carbons (Fsp3) is 0.769. The van der Waals surface area contributed by atoms with Gasteiger partial charge in [-0.25, -0.2) is 4.79 Å². The average Bonchev–Trinajstić information content (AvgIpc) is 2.15. The third-order valence-electron chi connectivity index (χ3n) is 2.02. The molecule has 4 nitrogen and oxygen atoms in total. The molecular formula is C13H24O4. The normalized spacial score (nSPS) is 12.8. The maximum Gasteiger partial charge on any atom is 0.337 e. The van der Waals surface area contributed by atoms with E-state index in [0.717, 1.165) is 12.8 Å². The highest BCUT2D eigenvalue weighted by atomic mass is 17.2. The van der Waals surface area contributed by atoms with Crippen LogP contribution in [0.4, 0.5) is 0 Å². The van der Waals surface area contributed by atoms with E-state index in [0.29, 0.717) is 5.57 Å². The summed E-state index contributed by atoms with van der Waals surface area (Å²) in [6, 6.07) is 0. The zero-order valence-electron chi connectivity index (χ0n) is 11.7. The summed E-state index contributed by atoms with van der Waals surface area (Å²) in [5.41, 5.74) is 0.0269. The number of hydrogen-bond acceptors (Lipinski definition) is 4. The molecule has 0 aliphatic carbocycles. The Morgan fingerprint density at radius 1 is 1.35 bits per heavy atom. The Kier molecular flexibility index (Phi) is 6.88. The number of hydrogen-bond donors (Lipinski definition) is 0. The zero-order chi connectivity index (χ0) is 13.5. The minimum atomic E-state index is -0.392. The number of carbonyl (C=O) groups is 1.